The molecule has 58 heavy (non-hydrogen) atoms. The molecule has 13 atom stereocenters. The SMILES string of the molecule is CC(O)C(C=O)NC(=O)C(N)CC(O)C(O)NC(=O)C1C(O)C(C)CN1C(=O)C(NC(=O)C(NC=O)C(O)C(O)c1ccc(O)c(OS(=O)(=O)O)c1)C(O)CC(N)=O. The third kappa shape index (κ3) is 13.2. The number of phenolic OH excluding ortho intramolecular Hbond substituents is 1. The standard InChI is InChI=1S/C31H47N7O19S/c1-11-8-38(23(24(11)46)30(52)37-28(50)18(44)6-14(32)27(49)35-15(9-39)12(2)41)31(53)21(17(43)7-20(33)45)36-29(51)22(34-10-40)26(48)25(47)13-3-4-16(42)19(5-13)57-58(54,55)56/h3-5,9-12,14-15,17-18,21-26,28,41-44,46-48,50H,6-8,32H2,1-2H3,(H2,33,45)(H,34,40)(H,35,49)(H,36,51)(H,37,52)(H,54,55,56). The summed E-state index contributed by atoms with van der Waals surface area (Å²) in [5, 5.41) is 91.7. The van der Waals surface area contributed by atoms with Gasteiger partial charge in [0.25, 0.3) is 0 Å². The lowest BCUT2D eigenvalue weighted by molar-refractivity contribution is -0.149. The van der Waals surface area contributed by atoms with E-state index < -0.39 is 155 Å². The van der Waals surface area contributed by atoms with Crippen LogP contribution in [0.5, 0.6) is 11.5 Å². The van der Waals surface area contributed by atoms with Gasteiger partial charge in [0, 0.05) is 18.9 Å². The molecule has 0 radical (unpaired) electrons. The Morgan fingerprint density at radius 2 is 1.60 bits per heavy atom. The van der Waals surface area contributed by atoms with Gasteiger partial charge in [-0.3, -0.25) is 33.3 Å². The molecule has 326 valence electrons. The number of hydrogen-bond acceptors (Lipinski definition) is 19. The molecule has 0 aromatic heterocycles. The highest BCUT2D eigenvalue weighted by molar-refractivity contribution is 7.81. The number of primary amides is 1. The lowest BCUT2D eigenvalue weighted by atomic mass is 9.97. The third-order valence-corrected chi connectivity index (χ3v) is 9.21. The van der Waals surface area contributed by atoms with Crippen LogP contribution in [0, 0.1) is 5.92 Å². The van der Waals surface area contributed by atoms with Crippen LogP contribution in [0.4, 0.5) is 0 Å². The van der Waals surface area contributed by atoms with Crippen LogP contribution < -0.4 is 36.9 Å². The van der Waals surface area contributed by atoms with E-state index in [0.717, 1.165) is 12.1 Å². The van der Waals surface area contributed by atoms with Gasteiger partial charge in [0.15, 0.2) is 17.7 Å². The number of amides is 6. The summed E-state index contributed by atoms with van der Waals surface area (Å²) in [7, 11) is -5.20. The highest BCUT2D eigenvalue weighted by Gasteiger charge is 2.49. The fourth-order valence-corrected chi connectivity index (χ4v) is 6.02. The smallest absolute Gasteiger partial charge is 0.446 e. The van der Waals surface area contributed by atoms with Gasteiger partial charge in [0.05, 0.1) is 30.8 Å². The zero-order chi connectivity index (χ0) is 44.4. The molecule has 6 amide bonds. The maximum absolute atomic E-state index is 14.0. The molecule has 0 bridgehead atoms. The molecule has 26 nitrogen and oxygen atoms in total. The van der Waals surface area contributed by atoms with Crippen molar-refractivity contribution in [2.45, 2.75) is 99.8 Å². The number of carbonyl (C=O) groups excluding carboxylic acids is 7. The molecule has 1 saturated heterocycles. The molecule has 0 aliphatic carbocycles. The van der Waals surface area contributed by atoms with E-state index >= 15 is 0 Å². The van der Waals surface area contributed by atoms with E-state index in [4.69, 9.17) is 16.0 Å². The molecule has 2 rings (SSSR count). The minimum absolute atomic E-state index is 0.129. The zero-order valence-electron chi connectivity index (χ0n) is 30.6. The van der Waals surface area contributed by atoms with Crippen LogP contribution >= 0.6 is 0 Å². The highest BCUT2D eigenvalue weighted by Crippen LogP contribution is 2.32. The Kier molecular flexibility index (Phi) is 17.8. The largest absolute Gasteiger partial charge is 0.504 e. The van der Waals surface area contributed by atoms with Crippen molar-refractivity contribution in [1.29, 1.82) is 0 Å². The minimum atomic E-state index is -5.20. The summed E-state index contributed by atoms with van der Waals surface area (Å²) >= 11 is 0. The van der Waals surface area contributed by atoms with Crippen molar-refractivity contribution in [2.75, 3.05) is 6.54 Å². The number of likely N-dealkylation sites (tertiary alicyclic amines) is 1. The van der Waals surface area contributed by atoms with Crippen molar-refractivity contribution in [3.8, 4) is 11.5 Å². The molecule has 0 saturated carbocycles. The second kappa shape index (κ2) is 21.1. The summed E-state index contributed by atoms with van der Waals surface area (Å²) in [6.07, 6.45) is -15.7. The molecule has 1 fully saturated rings. The Morgan fingerprint density at radius 1 is 0.983 bits per heavy atom. The van der Waals surface area contributed by atoms with E-state index in [1.54, 1.807) is 0 Å². The Labute approximate surface area is 329 Å². The summed E-state index contributed by atoms with van der Waals surface area (Å²) in [6, 6.07) is -7.08. The van der Waals surface area contributed by atoms with Gasteiger partial charge in [0.1, 0.15) is 48.8 Å². The number of rotatable bonds is 22. The lowest BCUT2D eigenvalue weighted by Gasteiger charge is -2.33. The van der Waals surface area contributed by atoms with E-state index in [1.807, 2.05) is 16.0 Å². The number of hydrogen-bond donors (Lipinski definition) is 15. The Balaban J connectivity index is 2.36. The van der Waals surface area contributed by atoms with Crippen molar-refractivity contribution < 1.29 is 91.6 Å². The highest BCUT2D eigenvalue weighted by atomic mass is 32.3. The van der Waals surface area contributed by atoms with E-state index in [-0.39, 0.29) is 12.7 Å². The number of aliphatic hydroxyl groups is 7. The number of nitrogens with zero attached hydrogens (tertiary/aromatic N) is 1. The zero-order valence-corrected chi connectivity index (χ0v) is 31.4. The van der Waals surface area contributed by atoms with Crippen molar-refractivity contribution in [1.82, 2.24) is 26.2 Å². The third-order valence-electron chi connectivity index (χ3n) is 8.82. The van der Waals surface area contributed by atoms with Crippen LogP contribution in [0.1, 0.15) is 38.4 Å². The first-order chi connectivity index (χ1) is 26.8. The molecular weight excluding hydrogens is 806 g/mol. The van der Waals surface area contributed by atoms with Crippen molar-refractivity contribution in [3.63, 3.8) is 0 Å². The maximum atomic E-state index is 14.0. The van der Waals surface area contributed by atoms with Crippen LogP contribution in [0.15, 0.2) is 18.2 Å². The van der Waals surface area contributed by atoms with Gasteiger partial charge in [0.2, 0.25) is 35.9 Å². The number of phenols is 1. The fraction of sp³-hybridized carbons (Fsp3) is 0.581. The summed E-state index contributed by atoms with van der Waals surface area (Å²) in [4.78, 5) is 88.1. The number of nitrogens with one attached hydrogen (secondary N) is 4. The number of aliphatic hydroxyl groups excluding tert-OH is 7. The van der Waals surface area contributed by atoms with Gasteiger partial charge in [-0.05, 0) is 24.6 Å². The molecule has 1 aromatic carbocycles. The first kappa shape index (κ1) is 49.0. The summed E-state index contributed by atoms with van der Waals surface area (Å²) < 4.78 is 35.4. The first-order valence-electron chi connectivity index (χ1n) is 17.0. The topological polar surface area (TPSA) is 448 Å². The van der Waals surface area contributed by atoms with E-state index in [2.05, 4.69) is 9.50 Å². The number of carbonyl (C=O) groups is 7. The molecule has 0 spiro atoms. The van der Waals surface area contributed by atoms with Gasteiger partial charge < -0.3 is 87.5 Å². The number of nitrogens with two attached hydrogens (primary N) is 2. The van der Waals surface area contributed by atoms with E-state index in [0.29, 0.717) is 11.0 Å². The van der Waals surface area contributed by atoms with Crippen molar-refractivity contribution in [3.05, 3.63) is 23.8 Å². The average Bonchev–Trinajstić information content (AvgIpc) is 3.43. The summed E-state index contributed by atoms with van der Waals surface area (Å²) in [5.74, 6) is -9.21. The number of aromatic hydroxyl groups is 1. The fourth-order valence-electron chi connectivity index (χ4n) is 5.66. The van der Waals surface area contributed by atoms with E-state index in [9.17, 15) is 82.8 Å². The van der Waals surface area contributed by atoms with Crippen molar-refractivity contribution >= 4 is 52.6 Å². The molecular formula is C31H47N7O19S. The molecule has 1 aliphatic rings. The first-order valence-corrected chi connectivity index (χ1v) is 18.4. The Morgan fingerprint density at radius 3 is 2.14 bits per heavy atom. The predicted molar refractivity (Wildman–Crippen MR) is 189 cm³/mol. The molecule has 17 N–H and O–H groups in total. The number of benzene rings is 1. The van der Waals surface area contributed by atoms with Gasteiger partial charge in [-0.2, -0.15) is 8.42 Å². The maximum Gasteiger partial charge on any atom is 0.446 e. The Hall–Kier alpha value is -5.10. The summed E-state index contributed by atoms with van der Waals surface area (Å²) in [5.41, 5.74) is 10.4. The van der Waals surface area contributed by atoms with Crippen LogP contribution in [0.3, 0.4) is 0 Å². The molecule has 13 unspecified atom stereocenters. The molecule has 1 aliphatic heterocycles. The van der Waals surface area contributed by atoms with Gasteiger partial charge >= 0.3 is 10.4 Å². The van der Waals surface area contributed by atoms with Crippen LogP contribution in [-0.4, -0.2) is 174 Å². The second-order valence-corrected chi connectivity index (χ2v) is 14.4. The van der Waals surface area contributed by atoms with Crippen LogP contribution in [0.25, 0.3) is 0 Å². The monoisotopic (exact) mass is 853 g/mol. The van der Waals surface area contributed by atoms with Gasteiger partial charge in [-0.25, -0.2) is 0 Å². The normalized spacial score (nSPS) is 22.0. The quantitative estimate of drug-likeness (QED) is 0.0292. The minimum Gasteiger partial charge on any atom is -0.504 e. The summed E-state index contributed by atoms with van der Waals surface area (Å²) in [6.45, 7) is 2.09. The molecule has 1 heterocycles. The van der Waals surface area contributed by atoms with Crippen LogP contribution in [0.2, 0.25) is 0 Å². The van der Waals surface area contributed by atoms with E-state index in [1.165, 1.54) is 13.8 Å². The van der Waals surface area contributed by atoms with Crippen molar-refractivity contribution in [2.24, 2.45) is 17.4 Å². The molecule has 1 aromatic rings. The molecule has 27 heteroatoms. The van der Waals surface area contributed by atoms with Gasteiger partial charge in [-0.1, -0.05) is 13.0 Å². The Bertz CT molecular complexity index is 1770. The van der Waals surface area contributed by atoms with Crippen LogP contribution in [-0.2, 0) is 44.0 Å². The number of aldehydes is 1. The predicted octanol–water partition coefficient (Wildman–Crippen LogP) is -8.41. The second-order valence-electron chi connectivity index (χ2n) is 13.3. The lowest BCUT2D eigenvalue weighted by Crippen LogP contribution is -2.63. The van der Waals surface area contributed by atoms with Gasteiger partial charge in [-0.15, -0.1) is 0 Å². The average molecular weight is 854 g/mol.